The van der Waals surface area contributed by atoms with Crippen LogP contribution in [-0.2, 0) is 9.59 Å². The normalized spacial score (nSPS) is 27.3. The van der Waals surface area contributed by atoms with E-state index in [0.717, 1.165) is 12.8 Å². The highest BCUT2D eigenvalue weighted by atomic mass is 16.4. The summed E-state index contributed by atoms with van der Waals surface area (Å²) in [5.41, 5.74) is 0.0244. The fourth-order valence-electron chi connectivity index (χ4n) is 2.93. The summed E-state index contributed by atoms with van der Waals surface area (Å²) in [6.07, 6.45) is 4.57. The Kier molecular flexibility index (Phi) is 5.79. The van der Waals surface area contributed by atoms with Gasteiger partial charge in [-0.25, -0.2) is 0 Å². The number of carbonyl (C=O) groups is 2. The minimum absolute atomic E-state index is 0.0244. The molecule has 110 valence electrons. The molecule has 0 aliphatic heterocycles. The van der Waals surface area contributed by atoms with E-state index in [0.29, 0.717) is 12.5 Å². The van der Waals surface area contributed by atoms with Crippen LogP contribution in [0.3, 0.4) is 0 Å². The van der Waals surface area contributed by atoms with Crippen molar-refractivity contribution >= 4 is 11.9 Å². The molecule has 0 saturated heterocycles. The Hall–Kier alpha value is -1.10. The van der Waals surface area contributed by atoms with Crippen LogP contribution in [0.25, 0.3) is 0 Å². The van der Waals surface area contributed by atoms with Crippen molar-refractivity contribution in [3.63, 3.8) is 0 Å². The topological polar surface area (TPSA) is 69.6 Å². The van der Waals surface area contributed by atoms with E-state index in [2.05, 4.69) is 31.2 Å². The van der Waals surface area contributed by atoms with Gasteiger partial charge < -0.3 is 15.3 Å². The number of aliphatic carboxylic acids is 1. The maximum atomic E-state index is 11.6. The Balaban J connectivity index is 2.50. The van der Waals surface area contributed by atoms with Crippen molar-refractivity contribution in [2.75, 3.05) is 20.6 Å². The molecular formula is C14H26N2O3. The lowest BCUT2D eigenvalue weighted by Crippen LogP contribution is -2.55. The Bertz CT molecular complexity index is 331. The molecular weight excluding hydrogens is 244 g/mol. The van der Waals surface area contributed by atoms with Crippen LogP contribution in [0.1, 0.15) is 45.4 Å². The SMILES string of the molecule is CC1CCCC(CNC(=O)CCC(=O)O)(N(C)C)C1. The van der Waals surface area contributed by atoms with Crippen LogP contribution in [0.15, 0.2) is 0 Å². The Morgan fingerprint density at radius 3 is 2.58 bits per heavy atom. The number of hydrogen-bond acceptors (Lipinski definition) is 3. The molecule has 1 saturated carbocycles. The van der Waals surface area contributed by atoms with Gasteiger partial charge in [-0.3, -0.25) is 9.59 Å². The zero-order valence-electron chi connectivity index (χ0n) is 12.2. The molecule has 1 amide bonds. The zero-order valence-corrected chi connectivity index (χ0v) is 12.2. The fraction of sp³-hybridized carbons (Fsp3) is 0.857. The van der Waals surface area contributed by atoms with Crippen LogP contribution in [-0.4, -0.2) is 48.1 Å². The monoisotopic (exact) mass is 270 g/mol. The van der Waals surface area contributed by atoms with Gasteiger partial charge >= 0.3 is 5.97 Å². The molecule has 5 nitrogen and oxygen atoms in total. The largest absolute Gasteiger partial charge is 0.481 e. The van der Waals surface area contributed by atoms with Crippen LogP contribution in [0.4, 0.5) is 0 Å². The standard InChI is InChI=1S/C14H26N2O3/c1-11-5-4-8-14(9-11,16(2)3)10-15-12(17)6-7-13(18)19/h11H,4-10H2,1-3H3,(H,15,17)(H,18,19). The lowest BCUT2D eigenvalue weighted by Gasteiger charge is -2.45. The number of nitrogens with zero attached hydrogens (tertiary/aromatic N) is 1. The first-order valence-electron chi connectivity index (χ1n) is 7.02. The Morgan fingerprint density at radius 2 is 2.05 bits per heavy atom. The van der Waals surface area contributed by atoms with Gasteiger partial charge in [0.05, 0.1) is 6.42 Å². The van der Waals surface area contributed by atoms with Crippen LogP contribution in [0, 0.1) is 5.92 Å². The molecule has 1 aliphatic carbocycles. The summed E-state index contributed by atoms with van der Waals surface area (Å²) >= 11 is 0. The molecule has 0 aromatic carbocycles. The summed E-state index contributed by atoms with van der Waals surface area (Å²) in [5.74, 6) is -0.419. The molecule has 19 heavy (non-hydrogen) atoms. The highest BCUT2D eigenvalue weighted by Gasteiger charge is 2.37. The van der Waals surface area contributed by atoms with Crippen LogP contribution >= 0.6 is 0 Å². The van der Waals surface area contributed by atoms with E-state index >= 15 is 0 Å². The summed E-state index contributed by atoms with van der Waals surface area (Å²) in [6.45, 7) is 2.87. The fourth-order valence-corrected chi connectivity index (χ4v) is 2.93. The molecule has 0 heterocycles. The number of carboxylic acid groups (broad SMARTS) is 1. The molecule has 1 fully saturated rings. The van der Waals surface area contributed by atoms with Crippen molar-refractivity contribution < 1.29 is 14.7 Å². The van der Waals surface area contributed by atoms with Gasteiger partial charge in [0.25, 0.3) is 0 Å². The molecule has 5 heteroatoms. The molecule has 2 N–H and O–H groups in total. The van der Waals surface area contributed by atoms with Gasteiger partial charge in [-0.2, -0.15) is 0 Å². The third-order valence-corrected chi connectivity index (χ3v) is 4.20. The summed E-state index contributed by atoms with van der Waals surface area (Å²) in [4.78, 5) is 24.3. The number of hydrogen-bond donors (Lipinski definition) is 2. The number of nitrogens with one attached hydrogen (secondary N) is 1. The van der Waals surface area contributed by atoms with E-state index in [-0.39, 0.29) is 24.3 Å². The van der Waals surface area contributed by atoms with Crippen LogP contribution < -0.4 is 5.32 Å². The first-order valence-corrected chi connectivity index (χ1v) is 7.02. The van der Waals surface area contributed by atoms with Gasteiger partial charge in [-0.05, 0) is 32.9 Å². The van der Waals surface area contributed by atoms with E-state index in [1.807, 2.05) is 0 Å². The maximum Gasteiger partial charge on any atom is 0.303 e. The highest BCUT2D eigenvalue weighted by molar-refractivity contribution is 5.80. The minimum Gasteiger partial charge on any atom is -0.481 e. The van der Waals surface area contributed by atoms with Crippen molar-refractivity contribution in [2.24, 2.45) is 5.92 Å². The smallest absolute Gasteiger partial charge is 0.303 e. The summed E-state index contributed by atoms with van der Waals surface area (Å²) in [6, 6.07) is 0. The third-order valence-electron chi connectivity index (χ3n) is 4.20. The van der Waals surface area contributed by atoms with E-state index in [9.17, 15) is 9.59 Å². The van der Waals surface area contributed by atoms with Gasteiger partial charge in [0.1, 0.15) is 0 Å². The molecule has 0 bridgehead atoms. The van der Waals surface area contributed by atoms with E-state index < -0.39 is 5.97 Å². The molecule has 0 aromatic heterocycles. The number of amides is 1. The molecule has 0 radical (unpaired) electrons. The average molecular weight is 270 g/mol. The number of carboxylic acids is 1. The highest BCUT2D eigenvalue weighted by Crippen LogP contribution is 2.35. The lowest BCUT2D eigenvalue weighted by molar-refractivity contribution is -0.138. The first-order chi connectivity index (χ1) is 8.85. The van der Waals surface area contributed by atoms with Gasteiger partial charge in [-0.1, -0.05) is 19.8 Å². The van der Waals surface area contributed by atoms with Gasteiger partial charge in [0.2, 0.25) is 5.91 Å². The minimum atomic E-state index is -0.927. The lowest BCUT2D eigenvalue weighted by atomic mass is 9.75. The van der Waals surface area contributed by atoms with E-state index in [4.69, 9.17) is 5.11 Å². The van der Waals surface area contributed by atoms with Gasteiger partial charge in [0, 0.05) is 18.5 Å². The second kappa shape index (κ2) is 6.89. The molecule has 1 aliphatic rings. The zero-order chi connectivity index (χ0) is 14.5. The molecule has 1 rings (SSSR count). The Labute approximate surface area is 115 Å². The predicted molar refractivity (Wildman–Crippen MR) is 73.9 cm³/mol. The van der Waals surface area contributed by atoms with E-state index in [1.54, 1.807) is 0 Å². The summed E-state index contributed by atoms with van der Waals surface area (Å²) in [5, 5.41) is 11.5. The van der Waals surface area contributed by atoms with Gasteiger partial charge in [0.15, 0.2) is 0 Å². The van der Waals surface area contributed by atoms with Crippen molar-refractivity contribution in [3.8, 4) is 0 Å². The van der Waals surface area contributed by atoms with Crippen molar-refractivity contribution in [1.29, 1.82) is 0 Å². The second-order valence-electron chi connectivity index (χ2n) is 5.99. The van der Waals surface area contributed by atoms with Crippen molar-refractivity contribution in [3.05, 3.63) is 0 Å². The predicted octanol–water partition coefficient (Wildman–Crippen LogP) is 1.48. The van der Waals surface area contributed by atoms with Crippen LogP contribution in [0.5, 0.6) is 0 Å². The van der Waals surface area contributed by atoms with Crippen LogP contribution in [0.2, 0.25) is 0 Å². The second-order valence-corrected chi connectivity index (χ2v) is 5.99. The first kappa shape index (κ1) is 16.0. The third kappa shape index (κ3) is 4.82. The van der Waals surface area contributed by atoms with Crippen molar-refractivity contribution in [1.82, 2.24) is 10.2 Å². The van der Waals surface area contributed by atoms with Crippen molar-refractivity contribution in [2.45, 2.75) is 51.0 Å². The number of likely N-dealkylation sites (N-methyl/N-ethyl adjacent to an activating group) is 1. The Morgan fingerprint density at radius 1 is 1.37 bits per heavy atom. The van der Waals surface area contributed by atoms with Gasteiger partial charge in [-0.15, -0.1) is 0 Å². The summed E-state index contributed by atoms with van der Waals surface area (Å²) < 4.78 is 0. The maximum absolute atomic E-state index is 11.6. The average Bonchev–Trinajstić information content (AvgIpc) is 2.33. The quantitative estimate of drug-likeness (QED) is 0.767. The van der Waals surface area contributed by atoms with E-state index in [1.165, 1.54) is 12.8 Å². The molecule has 2 atom stereocenters. The molecule has 0 aromatic rings. The number of rotatable bonds is 6. The summed E-state index contributed by atoms with van der Waals surface area (Å²) in [7, 11) is 4.11. The number of carbonyl (C=O) groups excluding carboxylic acids is 1. The molecule has 0 spiro atoms. The molecule has 2 unspecified atom stereocenters.